The van der Waals surface area contributed by atoms with Crippen LogP contribution in [0.2, 0.25) is 0 Å². The highest BCUT2D eigenvalue weighted by Gasteiger charge is 2.21. The molecule has 0 aliphatic carbocycles. The highest BCUT2D eigenvalue weighted by molar-refractivity contribution is 5.96. The maximum absolute atomic E-state index is 12.9. The van der Waals surface area contributed by atoms with Crippen LogP contribution in [0.1, 0.15) is 15.9 Å². The van der Waals surface area contributed by atoms with E-state index in [1.54, 1.807) is 25.4 Å². The third kappa shape index (κ3) is 4.00. The third-order valence-electron chi connectivity index (χ3n) is 5.30. The number of fused-ring (bicyclic) bond motifs is 1. The normalized spacial score (nSPS) is 14.8. The minimum atomic E-state index is 0.0269. The number of likely N-dealkylation sites (N-methyl/N-ethyl adjacent to an activating group) is 1. The number of nitrogens with zero attached hydrogens (tertiary/aromatic N) is 4. The second-order valence-corrected chi connectivity index (χ2v) is 7.34. The lowest BCUT2D eigenvalue weighted by Gasteiger charge is -2.32. The number of hydrogen-bond donors (Lipinski definition) is 1. The molecule has 0 spiro atoms. The molecule has 3 aromatic rings. The lowest BCUT2D eigenvalue weighted by atomic mass is 10.1. The lowest BCUT2D eigenvalue weighted by Crippen LogP contribution is -2.47. The van der Waals surface area contributed by atoms with Crippen LogP contribution in [0.5, 0.6) is 5.75 Å². The largest absolute Gasteiger partial charge is 0.495 e. The lowest BCUT2D eigenvalue weighted by molar-refractivity contribution is 0.0664. The number of hydrogen-bond acceptors (Lipinski definition) is 6. The summed E-state index contributed by atoms with van der Waals surface area (Å²) in [5.74, 6) is 1.13. The van der Waals surface area contributed by atoms with E-state index in [0.717, 1.165) is 42.6 Å². The standard InChI is InChI=1S/C22H25N5O2/c1-15-5-4-6-17-14-23-22(25-20(15)17)24-18-13-16(7-8-19(18)29-3)21(28)27-11-9-26(2)10-12-27/h4-8,13-14H,9-12H2,1-3H3,(H,23,24,25). The van der Waals surface area contributed by atoms with E-state index >= 15 is 0 Å². The zero-order valence-electron chi connectivity index (χ0n) is 17.0. The summed E-state index contributed by atoms with van der Waals surface area (Å²) in [5.41, 5.74) is 3.27. The fourth-order valence-electron chi connectivity index (χ4n) is 3.52. The Kier molecular flexibility index (Phi) is 5.31. The number of anilines is 2. The van der Waals surface area contributed by atoms with Crippen molar-refractivity contribution in [2.45, 2.75) is 6.92 Å². The molecule has 2 aromatic carbocycles. The Balaban J connectivity index is 1.62. The highest BCUT2D eigenvalue weighted by atomic mass is 16.5. The van der Waals surface area contributed by atoms with E-state index in [1.165, 1.54) is 0 Å². The molecule has 2 heterocycles. The number of carbonyl (C=O) groups is 1. The summed E-state index contributed by atoms with van der Waals surface area (Å²) in [6, 6.07) is 11.4. The molecule has 1 aliphatic rings. The third-order valence-corrected chi connectivity index (χ3v) is 5.30. The second-order valence-electron chi connectivity index (χ2n) is 7.34. The maximum Gasteiger partial charge on any atom is 0.254 e. The summed E-state index contributed by atoms with van der Waals surface area (Å²) in [4.78, 5) is 26.1. The van der Waals surface area contributed by atoms with E-state index in [9.17, 15) is 4.79 Å². The van der Waals surface area contributed by atoms with Crippen LogP contribution in [-0.4, -0.2) is 66.0 Å². The minimum absolute atomic E-state index is 0.0269. The van der Waals surface area contributed by atoms with Crippen molar-refractivity contribution < 1.29 is 9.53 Å². The number of amides is 1. The molecule has 7 nitrogen and oxygen atoms in total. The fraction of sp³-hybridized carbons (Fsp3) is 0.318. The molecule has 0 saturated carbocycles. The molecule has 1 aromatic heterocycles. The molecule has 0 unspecified atom stereocenters. The van der Waals surface area contributed by atoms with Gasteiger partial charge in [0.25, 0.3) is 5.91 Å². The Hall–Kier alpha value is -3.19. The summed E-state index contributed by atoms with van der Waals surface area (Å²) in [6.45, 7) is 5.26. The zero-order valence-corrected chi connectivity index (χ0v) is 17.0. The molecule has 1 aliphatic heterocycles. The smallest absolute Gasteiger partial charge is 0.254 e. The maximum atomic E-state index is 12.9. The highest BCUT2D eigenvalue weighted by Crippen LogP contribution is 2.29. The predicted molar refractivity (Wildman–Crippen MR) is 114 cm³/mol. The van der Waals surface area contributed by atoms with Gasteiger partial charge in [0.05, 0.1) is 18.3 Å². The van der Waals surface area contributed by atoms with Crippen LogP contribution in [0, 0.1) is 6.92 Å². The van der Waals surface area contributed by atoms with E-state index in [2.05, 4.69) is 27.2 Å². The Labute approximate surface area is 170 Å². The van der Waals surface area contributed by atoms with Crippen LogP contribution in [-0.2, 0) is 0 Å². The molecule has 0 bridgehead atoms. The van der Waals surface area contributed by atoms with Gasteiger partial charge in [-0.25, -0.2) is 9.97 Å². The van der Waals surface area contributed by atoms with Gasteiger partial charge in [-0.2, -0.15) is 0 Å². The Morgan fingerprint density at radius 2 is 1.93 bits per heavy atom. The van der Waals surface area contributed by atoms with E-state index in [0.29, 0.717) is 22.9 Å². The Bertz CT molecular complexity index is 1040. The van der Waals surface area contributed by atoms with Crippen LogP contribution in [0.25, 0.3) is 10.9 Å². The first-order valence-corrected chi connectivity index (χ1v) is 9.70. The van der Waals surface area contributed by atoms with Crippen LogP contribution >= 0.6 is 0 Å². The summed E-state index contributed by atoms with van der Waals surface area (Å²) in [6.07, 6.45) is 1.80. The van der Waals surface area contributed by atoms with Crippen molar-refractivity contribution >= 4 is 28.4 Å². The van der Waals surface area contributed by atoms with Gasteiger partial charge in [-0.05, 0) is 37.7 Å². The number of aromatic nitrogens is 2. The van der Waals surface area contributed by atoms with Crippen molar-refractivity contribution in [3.05, 3.63) is 53.7 Å². The second kappa shape index (κ2) is 8.05. The topological polar surface area (TPSA) is 70.6 Å². The molecule has 29 heavy (non-hydrogen) atoms. The molecule has 1 saturated heterocycles. The molecule has 4 rings (SSSR count). The van der Waals surface area contributed by atoms with Gasteiger partial charge in [-0.15, -0.1) is 0 Å². The number of piperazine rings is 1. The molecular formula is C22H25N5O2. The summed E-state index contributed by atoms with van der Waals surface area (Å²) >= 11 is 0. The van der Waals surface area contributed by atoms with Gasteiger partial charge < -0.3 is 19.9 Å². The number of nitrogens with one attached hydrogen (secondary N) is 1. The van der Waals surface area contributed by atoms with E-state index in [1.807, 2.05) is 36.1 Å². The van der Waals surface area contributed by atoms with E-state index in [4.69, 9.17) is 4.74 Å². The molecule has 1 N–H and O–H groups in total. The molecule has 150 valence electrons. The number of benzene rings is 2. The van der Waals surface area contributed by atoms with Gasteiger partial charge in [0, 0.05) is 43.3 Å². The number of rotatable bonds is 4. The summed E-state index contributed by atoms with van der Waals surface area (Å²) in [7, 11) is 3.68. The first-order valence-electron chi connectivity index (χ1n) is 9.70. The van der Waals surface area contributed by atoms with Crippen molar-refractivity contribution in [3.8, 4) is 5.75 Å². The monoisotopic (exact) mass is 391 g/mol. The van der Waals surface area contributed by atoms with Crippen LogP contribution in [0.4, 0.5) is 11.6 Å². The van der Waals surface area contributed by atoms with Gasteiger partial charge in [0.15, 0.2) is 0 Å². The molecule has 1 amide bonds. The van der Waals surface area contributed by atoms with Crippen molar-refractivity contribution in [2.75, 3.05) is 45.7 Å². The van der Waals surface area contributed by atoms with Gasteiger partial charge >= 0.3 is 0 Å². The van der Waals surface area contributed by atoms with Crippen molar-refractivity contribution in [3.63, 3.8) is 0 Å². The van der Waals surface area contributed by atoms with E-state index in [-0.39, 0.29) is 5.91 Å². The molecule has 1 fully saturated rings. The number of carbonyl (C=O) groups excluding carboxylic acids is 1. The minimum Gasteiger partial charge on any atom is -0.495 e. The number of methoxy groups -OCH3 is 1. The summed E-state index contributed by atoms with van der Waals surface area (Å²) in [5, 5.41) is 4.21. The molecule has 7 heteroatoms. The summed E-state index contributed by atoms with van der Waals surface area (Å²) < 4.78 is 5.47. The first-order chi connectivity index (χ1) is 14.0. The van der Waals surface area contributed by atoms with Gasteiger partial charge in [-0.1, -0.05) is 18.2 Å². The Morgan fingerprint density at radius 3 is 2.69 bits per heavy atom. The molecule has 0 radical (unpaired) electrons. The quantitative estimate of drug-likeness (QED) is 0.737. The van der Waals surface area contributed by atoms with Crippen molar-refractivity contribution in [2.24, 2.45) is 0 Å². The van der Waals surface area contributed by atoms with Gasteiger partial charge in [0.2, 0.25) is 5.95 Å². The first kappa shape index (κ1) is 19.1. The molecule has 0 atom stereocenters. The number of aryl methyl sites for hydroxylation is 1. The van der Waals surface area contributed by atoms with Crippen LogP contribution in [0.15, 0.2) is 42.6 Å². The van der Waals surface area contributed by atoms with E-state index < -0.39 is 0 Å². The fourth-order valence-corrected chi connectivity index (χ4v) is 3.52. The zero-order chi connectivity index (χ0) is 20.4. The Morgan fingerprint density at radius 1 is 1.14 bits per heavy atom. The van der Waals surface area contributed by atoms with Gasteiger partial charge in [-0.3, -0.25) is 4.79 Å². The number of ether oxygens (including phenoxy) is 1. The van der Waals surface area contributed by atoms with Gasteiger partial charge in [0.1, 0.15) is 5.75 Å². The predicted octanol–water partition coefficient (Wildman–Crippen LogP) is 3.08. The van der Waals surface area contributed by atoms with Crippen LogP contribution in [0.3, 0.4) is 0 Å². The van der Waals surface area contributed by atoms with Crippen LogP contribution < -0.4 is 10.1 Å². The SMILES string of the molecule is COc1ccc(C(=O)N2CCN(C)CC2)cc1Nc1ncc2cccc(C)c2n1. The average Bonchev–Trinajstić information content (AvgIpc) is 2.74. The van der Waals surface area contributed by atoms with Crippen molar-refractivity contribution in [1.82, 2.24) is 19.8 Å². The average molecular weight is 391 g/mol. The molecular weight excluding hydrogens is 366 g/mol. The number of para-hydroxylation sites is 1. The van der Waals surface area contributed by atoms with Crippen molar-refractivity contribution in [1.29, 1.82) is 0 Å².